The molecule has 152 valence electrons. The zero-order chi connectivity index (χ0) is 21.0. The Morgan fingerprint density at radius 1 is 1.14 bits per heavy atom. The van der Waals surface area contributed by atoms with E-state index in [-0.39, 0.29) is 23.8 Å². The number of alkyl halides is 3. The van der Waals surface area contributed by atoms with Gasteiger partial charge in [-0.15, -0.1) is 0 Å². The van der Waals surface area contributed by atoms with Crippen LogP contribution >= 0.6 is 0 Å². The standard InChI is InChI=1S/C22H21F3N2O2/c1-3-15(12-28)27-11-14(10-26-27)17-8-13(2)9-19-20(17)16-6-4-5-7-18(16)21(19,29)22(23,24)25/h4-11,15,28-29H,3,12H2,1-2H3/t15?,21-/m1/s1. The molecule has 0 bridgehead atoms. The van der Waals surface area contributed by atoms with Crippen molar-refractivity contribution in [1.29, 1.82) is 0 Å². The molecule has 4 nitrogen and oxygen atoms in total. The molecular weight excluding hydrogens is 381 g/mol. The minimum atomic E-state index is -4.87. The molecule has 1 heterocycles. The first-order valence-electron chi connectivity index (χ1n) is 9.41. The fourth-order valence-electron chi connectivity index (χ4n) is 4.13. The van der Waals surface area contributed by atoms with Crippen LogP contribution in [-0.2, 0) is 5.60 Å². The largest absolute Gasteiger partial charge is 0.425 e. The van der Waals surface area contributed by atoms with Gasteiger partial charge in [0, 0.05) is 22.9 Å². The Morgan fingerprint density at radius 3 is 2.52 bits per heavy atom. The average molecular weight is 402 g/mol. The molecule has 1 aliphatic rings. The summed E-state index contributed by atoms with van der Waals surface area (Å²) >= 11 is 0. The number of fused-ring (bicyclic) bond motifs is 3. The maximum atomic E-state index is 14.1. The molecule has 2 aromatic carbocycles. The lowest BCUT2D eigenvalue weighted by molar-refractivity contribution is -0.246. The second-order valence-electron chi connectivity index (χ2n) is 7.44. The van der Waals surface area contributed by atoms with Crippen molar-refractivity contribution in [3.05, 3.63) is 65.5 Å². The highest BCUT2D eigenvalue weighted by atomic mass is 19.4. The second-order valence-corrected chi connectivity index (χ2v) is 7.44. The molecule has 0 radical (unpaired) electrons. The van der Waals surface area contributed by atoms with Crippen molar-refractivity contribution in [2.75, 3.05) is 6.61 Å². The lowest BCUT2D eigenvalue weighted by Gasteiger charge is -2.28. The van der Waals surface area contributed by atoms with Gasteiger partial charge in [-0.3, -0.25) is 4.68 Å². The van der Waals surface area contributed by atoms with E-state index in [4.69, 9.17) is 0 Å². The molecule has 2 atom stereocenters. The SMILES string of the molecule is CCC(CO)n1cc(-c2cc(C)cc3c2-c2ccccc2[C@]3(O)C(F)(F)F)cn1. The number of aromatic nitrogens is 2. The van der Waals surface area contributed by atoms with Crippen LogP contribution in [0.25, 0.3) is 22.3 Å². The highest BCUT2D eigenvalue weighted by Crippen LogP contribution is 2.57. The number of aryl methyl sites for hydroxylation is 1. The van der Waals surface area contributed by atoms with E-state index in [2.05, 4.69) is 5.10 Å². The number of aliphatic hydroxyl groups excluding tert-OH is 1. The number of nitrogens with zero attached hydrogens (tertiary/aromatic N) is 2. The van der Waals surface area contributed by atoms with E-state index in [0.717, 1.165) is 0 Å². The summed E-state index contributed by atoms with van der Waals surface area (Å²) in [6.07, 6.45) is -0.887. The van der Waals surface area contributed by atoms with Crippen molar-refractivity contribution < 1.29 is 23.4 Å². The summed E-state index contributed by atoms with van der Waals surface area (Å²) in [4.78, 5) is 0. The maximum absolute atomic E-state index is 14.1. The fraction of sp³-hybridized carbons (Fsp3) is 0.318. The first-order valence-corrected chi connectivity index (χ1v) is 9.41. The second kappa shape index (κ2) is 6.71. The Bertz CT molecular complexity index is 1070. The van der Waals surface area contributed by atoms with Gasteiger partial charge < -0.3 is 10.2 Å². The van der Waals surface area contributed by atoms with Crippen LogP contribution in [-0.4, -0.2) is 32.8 Å². The summed E-state index contributed by atoms with van der Waals surface area (Å²) in [6, 6.07) is 9.09. The molecule has 0 saturated heterocycles. The van der Waals surface area contributed by atoms with E-state index in [1.165, 1.54) is 18.2 Å². The van der Waals surface area contributed by atoms with Gasteiger partial charge in [0.1, 0.15) is 0 Å². The maximum Gasteiger partial charge on any atom is 0.425 e. The molecule has 0 aliphatic heterocycles. The lowest BCUT2D eigenvalue weighted by Crippen LogP contribution is -2.41. The quantitative estimate of drug-likeness (QED) is 0.672. The molecule has 0 saturated carbocycles. The van der Waals surface area contributed by atoms with Crippen LogP contribution in [0.2, 0.25) is 0 Å². The number of aliphatic hydroxyl groups is 2. The van der Waals surface area contributed by atoms with E-state index >= 15 is 0 Å². The number of hydrogen-bond acceptors (Lipinski definition) is 3. The van der Waals surface area contributed by atoms with Gasteiger partial charge in [-0.05, 0) is 30.0 Å². The van der Waals surface area contributed by atoms with Crippen molar-refractivity contribution in [3.8, 4) is 22.3 Å². The molecule has 1 unspecified atom stereocenters. The van der Waals surface area contributed by atoms with Gasteiger partial charge in [-0.1, -0.05) is 48.9 Å². The third-order valence-electron chi connectivity index (χ3n) is 5.64. The predicted molar refractivity (Wildman–Crippen MR) is 103 cm³/mol. The molecule has 3 aromatic rings. The van der Waals surface area contributed by atoms with Crippen LogP contribution in [0.5, 0.6) is 0 Å². The summed E-state index contributed by atoms with van der Waals surface area (Å²) in [6.45, 7) is 3.54. The monoisotopic (exact) mass is 402 g/mol. The van der Waals surface area contributed by atoms with E-state index in [9.17, 15) is 23.4 Å². The fourth-order valence-corrected chi connectivity index (χ4v) is 4.13. The Kier molecular flexibility index (Phi) is 4.55. The van der Waals surface area contributed by atoms with Gasteiger partial charge in [0.2, 0.25) is 5.60 Å². The van der Waals surface area contributed by atoms with Crippen LogP contribution in [0.15, 0.2) is 48.8 Å². The Labute approximate surface area is 166 Å². The van der Waals surface area contributed by atoms with E-state index in [0.29, 0.717) is 34.2 Å². The minimum absolute atomic E-state index is 0.0831. The van der Waals surface area contributed by atoms with Gasteiger partial charge in [0.05, 0.1) is 18.8 Å². The molecule has 0 spiro atoms. The van der Waals surface area contributed by atoms with E-state index in [1.807, 2.05) is 6.92 Å². The number of halogens is 3. The Balaban J connectivity index is 2.00. The predicted octanol–water partition coefficient (Wildman–Crippen LogP) is 4.58. The van der Waals surface area contributed by atoms with Gasteiger partial charge >= 0.3 is 6.18 Å². The first-order chi connectivity index (χ1) is 13.7. The molecule has 0 amide bonds. The first kappa shape index (κ1) is 19.7. The van der Waals surface area contributed by atoms with Crippen LogP contribution < -0.4 is 0 Å². The lowest BCUT2D eigenvalue weighted by atomic mass is 9.88. The summed E-state index contributed by atoms with van der Waals surface area (Å²) in [5.41, 5.74) is -0.846. The van der Waals surface area contributed by atoms with E-state index in [1.54, 1.807) is 42.2 Å². The molecule has 1 aromatic heterocycles. The van der Waals surface area contributed by atoms with Gasteiger partial charge in [-0.25, -0.2) is 0 Å². The molecular formula is C22H21F3N2O2. The third kappa shape index (κ3) is 2.80. The minimum Gasteiger partial charge on any atom is -0.394 e. The van der Waals surface area contributed by atoms with Gasteiger partial charge in [0.25, 0.3) is 0 Å². The molecule has 29 heavy (non-hydrogen) atoms. The van der Waals surface area contributed by atoms with Crippen LogP contribution in [0, 0.1) is 6.92 Å². The zero-order valence-corrected chi connectivity index (χ0v) is 16.0. The number of benzene rings is 2. The van der Waals surface area contributed by atoms with Gasteiger partial charge in [-0.2, -0.15) is 18.3 Å². The summed E-state index contributed by atoms with van der Waals surface area (Å²) in [7, 11) is 0. The zero-order valence-electron chi connectivity index (χ0n) is 16.0. The highest BCUT2D eigenvalue weighted by Gasteiger charge is 2.61. The summed E-state index contributed by atoms with van der Waals surface area (Å²) in [5.74, 6) is 0. The van der Waals surface area contributed by atoms with Crippen LogP contribution in [0.3, 0.4) is 0 Å². The van der Waals surface area contributed by atoms with Crippen LogP contribution in [0.4, 0.5) is 13.2 Å². The molecule has 4 rings (SSSR count). The van der Waals surface area contributed by atoms with Crippen molar-refractivity contribution in [2.45, 2.75) is 38.1 Å². The smallest absolute Gasteiger partial charge is 0.394 e. The average Bonchev–Trinajstić information content (AvgIpc) is 3.25. The highest BCUT2D eigenvalue weighted by molar-refractivity contribution is 5.92. The number of hydrogen-bond donors (Lipinski definition) is 2. The summed E-state index contributed by atoms with van der Waals surface area (Å²) < 4.78 is 43.9. The molecule has 7 heteroatoms. The van der Waals surface area contributed by atoms with E-state index < -0.39 is 11.8 Å². The number of rotatable bonds is 4. The molecule has 2 N–H and O–H groups in total. The Hall–Kier alpha value is -2.64. The third-order valence-corrected chi connectivity index (χ3v) is 5.64. The molecule has 1 aliphatic carbocycles. The van der Waals surface area contributed by atoms with Gasteiger partial charge in [0.15, 0.2) is 0 Å². The summed E-state index contributed by atoms with van der Waals surface area (Å²) in [5, 5.41) is 24.7. The van der Waals surface area contributed by atoms with Crippen molar-refractivity contribution in [2.24, 2.45) is 0 Å². The van der Waals surface area contributed by atoms with Crippen LogP contribution in [0.1, 0.15) is 36.1 Å². The Morgan fingerprint density at radius 2 is 1.86 bits per heavy atom. The normalized spacial score (nSPS) is 19.1. The van der Waals surface area contributed by atoms with Crippen molar-refractivity contribution >= 4 is 0 Å². The molecule has 0 fully saturated rings. The van der Waals surface area contributed by atoms with Crippen molar-refractivity contribution in [3.63, 3.8) is 0 Å². The topological polar surface area (TPSA) is 58.3 Å². The van der Waals surface area contributed by atoms with Crippen molar-refractivity contribution in [1.82, 2.24) is 9.78 Å².